The average molecular weight is 540 g/mol. The van der Waals surface area contributed by atoms with E-state index >= 15 is 0 Å². The van der Waals surface area contributed by atoms with Crippen molar-refractivity contribution < 1.29 is 19.5 Å². The Morgan fingerprint density at radius 3 is 2.53 bits per heavy atom. The number of aliphatic hydroxyl groups excluding tert-OH is 1. The number of nitrogens with zero attached hydrogens (tertiary/aromatic N) is 3. The number of likely N-dealkylation sites (N-methyl/N-ethyl adjacent to an activating group) is 1. The number of likely N-dealkylation sites (tertiary alicyclic amines) is 1. The first-order chi connectivity index (χ1) is 18.1. The second-order valence-corrected chi connectivity index (χ2v) is 12.6. The molecule has 0 saturated carbocycles. The van der Waals surface area contributed by atoms with Crippen molar-refractivity contribution in [3.63, 3.8) is 0 Å². The molecule has 38 heavy (non-hydrogen) atoms. The van der Waals surface area contributed by atoms with E-state index in [1.54, 1.807) is 45.7 Å². The van der Waals surface area contributed by atoms with Gasteiger partial charge in [0.25, 0.3) is 5.91 Å². The van der Waals surface area contributed by atoms with Crippen LogP contribution in [0.15, 0.2) is 43.5 Å². The molecule has 0 aromatic heterocycles. The summed E-state index contributed by atoms with van der Waals surface area (Å²) in [5, 5.41) is 10.3. The van der Waals surface area contributed by atoms with Crippen LogP contribution in [0.2, 0.25) is 0 Å². The summed E-state index contributed by atoms with van der Waals surface area (Å²) in [5.74, 6) is -1.49. The Morgan fingerprint density at radius 1 is 1.24 bits per heavy atom. The van der Waals surface area contributed by atoms with Crippen molar-refractivity contribution in [3.05, 3.63) is 54.6 Å². The van der Waals surface area contributed by atoms with Crippen LogP contribution in [0, 0.1) is 31.6 Å². The molecule has 1 aromatic rings. The van der Waals surface area contributed by atoms with E-state index in [0.717, 1.165) is 23.2 Å². The van der Waals surface area contributed by atoms with Gasteiger partial charge < -0.3 is 19.8 Å². The topological polar surface area (TPSA) is 81.2 Å². The molecule has 2 bridgehead atoms. The first-order valence-electron chi connectivity index (χ1n) is 13.5. The number of thioether (sulfide) groups is 1. The number of benzene rings is 1. The van der Waals surface area contributed by atoms with Crippen LogP contribution in [0.5, 0.6) is 0 Å². The number of aryl methyl sites for hydroxylation is 2. The van der Waals surface area contributed by atoms with Crippen molar-refractivity contribution in [1.82, 2.24) is 9.80 Å². The van der Waals surface area contributed by atoms with Crippen LogP contribution in [0.25, 0.3) is 0 Å². The van der Waals surface area contributed by atoms with Crippen molar-refractivity contribution in [2.75, 3.05) is 31.6 Å². The minimum Gasteiger partial charge on any atom is -0.394 e. The van der Waals surface area contributed by atoms with E-state index in [2.05, 4.69) is 20.1 Å². The van der Waals surface area contributed by atoms with E-state index in [1.165, 1.54) is 0 Å². The Kier molecular flexibility index (Phi) is 8.15. The predicted octanol–water partition coefficient (Wildman–Crippen LogP) is 3.57. The van der Waals surface area contributed by atoms with Crippen molar-refractivity contribution in [1.29, 1.82) is 0 Å². The van der Waals surface area contributed by atoms with Crippen LogP contribution in [0.3, 0.4) is 0 Å². The minimum absolute atomic E-state index is 0.0288. The number of hydrogen-bond donors (Lipinski definition) is 1. The van der Waals surface area contributed by atoms with Gasteiger partial charge in [-0.2, -0.15) is 0 Å². The van der Waals surface area contributed by atoms with Gasteiger partial charge in [-0.3, -0.25) is 14.4 Å². The van der Waals surface area contributed by atoms with Gasteiger partial charge in [0.2, 0.25) is 11.8 Å². The zero-order valence-corrected chi connectivity index (χ0v) is 24.0. The van der Waals surface area contributed by atoms with Crippen molar-refractivity contribution in [2.45, 2.75) is 62.6 Å². The van der Waals surface area contributed by atoms with Crippen LogP contribution in [0.4, 0.5) is 5.69 Å². The molecule has 3 unspecified atom stereocenters. The summed E-state index contributed by atoms with van der Waals surface area (Å²) in [5.41, 5.74) is 2.79. The molecular formula is C30H41N3O4S. The molecule has 7 atom stereocenters. The summed E-state index contributed by atoms with van der Waals surface area (Å²) in [6.07, 6.45) is 4.67. The van der Waals surface area contributed by atoms with Gasteiger partial charge in [-0.05, 0) is 49.8 Å². The van der Waals surface area contributed by atoms with Gasteiger partial charge in [-0.15, -0.1) is 24.9 Å². The minimum atomic E-state index is -0.788. The smallest absolute Gasteiger partial charge is 0.251 e. The molecule has 1 aromatic carbocycles. The summed E-state index contributed by atoms with van der Waals surface area (Å²) < 4.78 is -0.742. The molecule has 0 radical (unpaired) electrons. The van der Waals surface area contributed by atoms with E-state index < -0.39 is 28.7 Å². The van der Waals surface area contributed by atoms with Crippen LogP contribution < -0.4 is 4.90 Å². The Hall–Kier alpha value is -2.58. The molecule has 1 N–H and O–H groups in total. The normalized spacial score (nSPS) is 30.2. The van der Waals surface area contributed by atoms with E-state index in [9.17, 15) is 19.5 Å². The first-order valence-corrected chi connectivity index (χ1v) is 14.4. The average Bonchev–Trinajstić information content (AvgIpc) is 3.48. The maximum Gasteiger partial charge on any atom is 0.251 e. The largest absolute Gasteiger partial charge is 0.394 e. The molecule has 3 heterocycles. The molecule has 0 aliphatic carbocycles. The molecule has 3 saturated heterocycles. The zero-order chi connectivity index (χ0) is 27.9. The highest BCUT2D eigenvalue weighted by Gasteiger charge is 2.76. The monoisotopic (exact) mass is 539 g/mol. The van der Waals surface area contributed by atoms with Crippen LogP contribution in [-0.2, 0) is 14.4 Å². The molecule has 1 spiro atoms. The van der Waals surface area contributed by atoms with Gasteiger partial charge in [0.1, 0.15) is 6.04 Å². The van der Waals surface area contributed by atoms with Gasteiger partial charge in [0.15, 0.2) is 0 Å². The summed E-state index contributed by atoms with van der Waals surface area (Å²) in [4.78, 5) is 47.8. The fourth-order valence-electron chi connectivity index (χ4n) is 6.96. The Balaban J connectivity index is 1.87. The molecule has 4 rings (SSSR count). The fraction of sp³-hybridized carbons (Fsp3) is 0.567. The maximum absolute atomic E-state index is 14.8. The Labute approximate surface area is 230 Å². The van der Waals surface area contributed by atoms with Gasteiger partial charge in [-0.25, -0.2) is 0 Å². The Bertz CT molecular complexity index is 1130. The number of carbonyl (C=O) groups is 3. The maximum atomic E-state index is 14.8. The lowest BCUT2D eigenvalue weighted by Crippen LogP contribution is -2.59. The highest BCUT2D eigenvalue weighted by molar-refractivity contribution is 8.02. The zero-order valence-electron chi connectivity index (χ0n) is 23.2. The summed E-state index contributed by atoms with van der Waals surface area (Å²) in [6, 6.07) is 4.72. The third-order valence-corrected chi connectivity index (χ3v) is 10.9. The van der Waals surface area contributed by atoms with Gasteiger partial charge in [0.05, 0.1) is 29.2 Å². The number of carbonyl (C=O) groups excluding carboxylic acids is 3. The van der Waals surface area contributed by atoms with E-state index in [1.807, 2.05) is 39.0 Å². The lowest BCUT2D eigenvalue weighted by atomic mass is 9.65. The lowest BCUT2D eigenvalue weighted by molar-refractivity contribution is -0.145. The molecule has 3 aliphatic rings. The molecule has 3 aliphatic heterocycles. The van der Waals surface area contributed by atoms with Crippen molar-refractivity contribution in [2.24, 2.45) is 17.8 Å². The van der Waals surface area contributed by atoms with Crippen LogP contribution >= 0.6 is 11.8 Å². The molecular weight excluding hydrogens is 498 g/mol. The summed E-state index contributed by atoms with van der Waals surface area (Å²) in [6.45, 7) is 16.1. The number of hydrogen-bond acceptors (Lipinski definition) is 5. The third kappa shape index (κ3) is 4.20. The predicted molar refractivity (Wildman–Crippen MR) is 153 cm³/mol. The number of rotatable bonds is 10. The molecule has 8 heteroatoms. The highest BCUT2D eigenvalue weighted by Crippen LogP contribution is 2.69. The quantitative estimate of drug-likeness (QED) is 0.460. The number of fused-ring (bicyclic) bond motifs is 1. The standard InChI is InChI=1S/C30H41N3O4S/c1-8-13-31(7)27(35)24-23-16-20(6)30(38-23)25(24)28(36)33(21(10-3)17-34)26(30)29(37)32(14-9-2)22-15-18(4)11-12-19(22)5/h8-9,11-12,15,20-21,23-26,34H,1-2,10,13-14,16-17H2,3-7H3/t20?,21-,23-,24+,25-,26?,30?/m0/s1. The molecule has 7 nitrogen and oxygen atoms in total. The fourth-order valence-corrected chi connectivity index (χ4v) is 9.36. The molecule has 3 amide bonds. The van der Waals surface area contributed by atoms with E-state index in [0.29, 0.717) is 19.5 Å². The van der Waals surface area contributed by atoms with Gasteiger partial charge in [0, 0.05) is 31.1 Å². The number of amides is 3. The van der Waals surface area contributed by atoms with E-state index in [-0.39, 0.29) is 35.5 Å². The summed E-state index contributed by atoms with van der Waals surface area (Å²) >= 11 is 1.66. The number of anilines is 1. The van der Waals surface area contributed by atoms with Crippen molar-refractivity contribution >= 4 is 35.2 Å². The SMILES string of the molecule is C=CCN(C)C(=O)[C@@H]1[C@@H]2CC(C)C3(S2)C(C(=O)N(CC=C)c2cc(C)ccc2C)N([C@@H](CC)CO)C(=O)[C@H]13. The highest BCUT2D eigenvalue weighted by atomic mass is 32.2. The number of aliphatic hydroxyl groups is 1. The molecule has 206 valence electrons. The van der Waals surface area contributed by atoms with Gasteiger partial charge in [-0.1, -0.05) is 38.1 Å². The second-order valence-electron chi connectivity index (χ2n) is 11.1. The third-order valence-electron chi connectivity index (χ3n) is 8.79. The van der Waals surface area contributed by atoms with Crippen LogP contribution in [0.1, 0.15) is 37.8 Å². The van der Waals surface area contributed by atoms with Crippen molar-refractivity contribution in [3.8, 4) is 0 Å². The molecule has 3 fully saturated rings. The van der Waals surface area contributed by atoms with Gasteiger partial charge >= 0.3 is 0 Å². The Morgan fingerprint density at radius 2 is 1.92 bits per heavy atom. The second kappa shape index (κ2) is 10.9. The van der Waals surface area contributed by atoms with E-state index in [4.69, 9.17) is 0 Å². The van der Waals surface area contributed by atoms with Crippen LogP contribution in [-0.4, -0.2) is 81.5 Å². The summed E-state index contributed by atoms with van der Waals surface area (Å²) in [7, 11) is 1.74. The lowest BCUT2D eigenvalue weighted by Gasteiger charge is -2.42. The first kappa shape index (κ1) is 28.4.